The average Bonchev–Trinajstić information content (AvgIpc) is 2.96. The minimum Gasteiger partial charge on any atom is -0.503 e. The van der Waals surface area contributed by atoms with Crippen molar-refractivity contribution in [1.82, 2.24) is 4.90 Å². The number of amides is 1. The highest BCUT2D eigenvalue weighted by Gasteiger charge is 2.42. The fourth-order valence-corrected chi connectivity index (χ4v) is 3.27. The Hall–Kier alpha value is -2.89. The lowest BCUT2D eigenvalue weighted by atomic mass is 9.95. The first-order valence-corrected chi connectivity index (χ1v) is 9.16. The van der Waals surface area contributed by atoms with Gasteiger partial charge in [0, 0.05) is 18.7 Å². The third-order valence-electron chi connectivity index (χ3n) is 4.52. The summed E-state index contributed by atoms with van der Waals surface area (Å²) in [5.41, 5.74) is 1.59. The third-order valence-corrected chi connectivity index (χ3v) is 4.77. The van der Waals surface area contributed by atoms with Gasteiger partial charge in [0.2, 0.25) is 0 Å². The Morgan fingerprint density at radius 1 is 1.18 bits per heavy atom. The van der Waals surface area contributed by atoms with Crippen LogP contribution in [0.25, 0.3) is 6.08 Å². The summed E-state index contributed by atoms with van der Waals surface area (Å²) in [6.07, 6.45) is 3.03. The number of nitrogens with zero attached hydrogens (tertiary/aromatic N) is 1. The summed E-state index contributed by atoms with van der Waals surface area (Å²) in [7, 11) is 1.53. The van der Waals surface area contributed by atoms with Crippen LogP contribution in [-0.4, -0.2) is 42.0 Å². The van der Waals surface area contributed by atoms with E-state index in [0.717, 1.165) is 5.56 Å². The van der Waals surface area contributed by atoms with Crippen molar-refractivity contribution < 1.29 is 19.4 Å². The van der Waals surface area contributed by atoms with Gasteiger partial charge in [-0.05, 0) is 29.3 Å². The molecule has 28 heavy (non-hydrogen) atoms. The summed E-state index contributed by atoms with van der Waals surface area (Å²) < 4.78 is 5.08. The van der Waals surface area contributed by atoms with Crippen molar-refractivity contribution >= 4 is 29.4 Å². The lowest BCUT2D eigenvalue weighted by molar-refractivity contribution is -0.130. The number of allylic oxidation sites excluding steroid dienone is 1. The Morgan fingerprint density at radius 3 is 2.50 bits per heavy atom. The van der Waals surface area contributed by atoms with E-state index in [0.29, 0.717) is 10.6 Å². The number of carbonyl (C=O) groups excluding carboxylic acids is 2. The minimum atomic E-state index is -0.701. The molecule has 144 valence electrons. The van der Waals surface area contributed by atoms with Gasteiger partial charge in [-0.25, -0.2) is 0 Å². The minimum absolute atomic E-state index is 0.0515. The van der Waals surface area contributed by atoms with Gasteiger partial charge >= 0.3 is 0 Å². The van der Waals surface area contributed by atoms with E-state index in [1.54, 1.807) is 30.3 Å². The van der Waals surface area contributed by atoms with E-state index in [-0.39, 0.29) is 18.7 Å². The Balaban J connectivity index is 1.97. The quantitative estimate of drug-likeness (QED) is 0.718. The van der Waals surface area contributed by atoms with Gasteiger partial charge in [-0.15, -0.1) is 0 Å². The molecule has 0 spiro atoms. The van der Waals surface area contributed by atoms with E-state index < -0.39 is 23.5 Å². The second-order valence-electron chi connectivity index (χ2n) is 6.32. The van der Waals surface area contributed by atoms with Crippen molar-refractivity contribution in [3.8, 4) is 0 Å². The molecule has 0 aliphatic carbocycles. The largest absolute Gasteiger partial charge is 0.503 e. The first kappa shape index (κ1) is 19.9. The number of ether oxygens (including phenoxy) is 1. The number of rotatable bonds is 7. The first-order chi connectivity index (χ1) is 13.5. The van der Waals surface area contributed by atoms with Gasteiger partial charge in [-0.1, -0.05) is 60.1 Å². The second-order valence-corrected chi connectivity index (χ2v) is 6.75. The van der Waals surface area contributed by atoms with Crippen LogP contribution in [0.2, 0.25) is 5.02 Å². The molecule has 3 rings (SSSR count). The van der Waals surface area contributed by atoms with Crippen molar-refractivity contribution in [3.63, 3.8) is 0 Å². The van der Waals surface area contributed by atoms with E-state index in [4.69, 9.17) is 16.3 Å². The molecule has 0 bridgehead atoms. The zero-order valence-electron chi connectivity index (χ0n) is 15.3. The van der Waals surface area contributed by atoms with E-state index >= 15 is 0 Å². The van der Waals surface area contributed by atoms with E-state index in [9.17, 15) is 14.7 Å². The van der Waals surface area contributed by atoms with Gasteiger partial charge in [-0.3, -0.25) is 9.59 Å². The zero-order chi connectivity index (χ0) is 20.1. The van der Waals surface area contributed by atoms with Gasteiger partial charge in [0.05, 0.1) is 18.2 Å². The first-order valence-electron chi connectivity index (χ1n) is 8.79. The van der Waals surface area contributed by atoms with Crippen molar-refractivity contribution in [2.24, 2.45) is 0 Å². The van der Waals surface area contributed by atoms with Gasteiger partial charge < -0.3 is 14.7 Å². The van der Waals surface area contributed by atoms with Crippen LogP contribution in [0.3, 0.4) is 0 Å². The molecule has 1 atom stereocenters. The number of aliphatic hydroxyl groups excluding tert-OH is 1. The molecule has 1 unspecified atom stereocenters. The number of aliphatic hydroxyl groups is 1. The molecule has 0 fully saturated rings. The molecule has 6 heteroatoms. The number of hydrogen-bond acceptors (Lipinski definition) is 4. The van der Waals surface area contributed by atoms with Gasteiger partial charge in [-0.2, -0.15) is 0 Å². The van der Waals surface area contributed by atoms with Crippen LogP contribution in [0.4, 0.5) is 0 Å². The molecule has 1 N–H and O–H groups in total. The molecule has 0 saturated carbocycles. The van der Waals surface area contributed by atoms with E-state index in [1.165, 1.54) is 18.1 Å². The summed E-state index contributed by atoms with van der Waals surface area (Å²) in [6.45, 7) is 0.524. The van der Waals surface area contributed by atoms with Gasteiger partial charge in [0.1, 0.15) is 0 Å². The molecule has 1 heterocycles. The Bertz CT molecular complexity index is 919. The lowest BCUT2D eigenvalue weighted by Gasteiger charge is -2.26. The van der Waals surface area contributed by atoms with Gasteiger partial charge in [0.25, 0.3) is 5.91 Å². The summed E-state index contributed by atoms with van der Waals surface area (Å²) >= 11 is 5.97. The fourth-order valence-electron chi connectivity index (χ4n) is 3.14. The van der Waals surface area contributed by atoms with Crippen molar-refractivity contribution in [2.75, 3.05) is 20.3 Å². The maximum Gasteiger partial charge on any atom is 0.290 e. The predicted octanol–water partition coefficient (Wildman–Crippen LogP) is 3.96. The molecular formula is C22H20ClNO4. The predicted molar refractivity (Wildman–Crippen MR) is 108 cm³/mol. The molecule has 1 amide bonds. The number of carbonyl (C=O) groups is 2. The van der Waals surface area contributed by atoms with Crippen molar-refractivity contribution in [2.45, 2.75) is 6.04 Å². The zero-order valence-corrected chi connectivity index (χ0v) is 16.1. The number of halogens is 1. The van der Waals surface area contributed by atoms with Crippen LogP contribution < -0.4 is 0 Å². The van der Waals surface area contributed by atoms with Crippen molar-refractivity contribution in [3.05, 3.63) is 88.2 Å². The van der Waals surface area contributed by atoms with E-state index in [1.807, 2.05) is 30.3 Å². The lowest BCUT2D eigenvalue weighted by Crippen LogP contribution is -2.33. The molecule has 1 aliphatic rings. The van der Waals surface area contributed by atoms with Gasteiger partial charge in [0.15, 0.2) is 11.5 Å². The Kier molecular flexibility index (Phi) is 6.29. The molecule has 2 aromatic rings. The second kappa shape index (κ2) is 8.87. The molecular weight excluding hydrogens is 378 g/mol. The van der Waals surface area contributed by atoms with E-state index in [2.05, 4.69) is 0 Å². The molecule has 1 aliphatic heterocycles. The highest BCUT2D eigenvalue weighted by atomic mass is 35.5. The number of methoxy groups -OCH3 is 1. The fraction of sp³-hybridized carbons (Fsp3) is 0.182. The molecule has 2 aromatic carbocycles. The highest BCUT2D eigenvalue weighted by molar-refractivity contribution is 6.30. The summed E-state index contributed by atoms with van der Waals surface area (Å²) in [6, 6.07) is 15.5. The third kappa shape index (κ3) is 4.16. The summed E-state index contributed by atoms with van der Waals surface area (Å²) in [5, 5.41) is 11.0. The summed E-state index contributed by atoms with van der Waals surface area (Å²) in [4.78, 5) is 27.0. The molecule has 5 nitrogen and oxygen atoms in total. The number of hydrogen-bond donors (Lipinski definition) is 1. The maximum atomic E-state index is 12.9. The molecule has 0 aromatic heterocycles. The normalized spacial score (nSPS) is 17.0. The topological polar surface area (TPSA) is 66.8 Å². The molecule has 0 saturated heterocycles. The Labute approximate surface area is 168 Å². The van der Waals surface area contributed by atoms with Crippen LogP contribution >= 0.6 is 11.6 Å². The number of benzene rings is 2. The average molecular weight is 398 g/mol. The van der Waals surface area contributed by atoms with Crippen LogP contribution in [0.5, 0.6) is 0 Å². The van der Waals surface area contributed by atoms with Crippen LogP contribution in [-0.2, 0) is 14.3 Å². The smallest absolute Gasteiger partial charge is 0.290 e. The monoisotopic (exact) mass is 397 g/mol. The maximum absolute atomic E-state index is 12.9. The van der Waals surface area contributed by atoms with Crippen LogP contribution in [0.15, 0.2) is 72.0 Å². The van der Waals surface area contributed by atoms with Crippen molar-refractivity contribution in [1.29, 1.82) is 0 Å². The highest BCUT2D eigenvalue weighted by Crippen LogP contribution is 2.38. The Morgan fingerprint density at radius 2 is 1.86 bits per heavy atom. The number of ketones is 1. The molecule has 0 radical (unpaired) electrons. The van der Waals surface area contributed by atoms with Crippen LogP contribution in [0.1, 0.15) is 17.2 Å². The standard InChI is InChI=1S/C22H20ClNO4/c1-28-14-13-24-20(16-8-10-17(23)11-9-16)19(21(26)22(24)27)18(25)12-7-15-5-3-2-4-6-15/h2-12,20,26H,13-14H2,1H3. The summed E-state index contributed by atoms with van der Waals surface area (Å²) in [5.74, 6) is -1.54. The SMILES string of the molecule is COCCN1C(=O)C(O)=C(C(=O)C=Cc2ccccc2)C1c1ccc(Cl)cc1. The van der Waals surface area contributed by atoms with Crippen LogP contribution in [0, 0.1) is 0 Å².